The highest BCUT2D eigenvalue weighted by Crippen LogP contribution is 2.29. The standard InChI is InChI=1S/C13H14ClNO2S/c1-17-11-4-2-3-9(13(11)16)7-15-8-10-5-6-12(14)18-10/h2-6,15-16H,7-8H2,1H3. The SMILES string of the molecule is COc1cccc(CNCc2ccc(Cl)s2)c1O. The molecule has 0 spiro atoms. The van der Waals surface area contributed by atoms with Gasteiger partial charge in [-0.3, -0.25) is 0 Å². The van der Waals surface area contributed by atoms with E-state index in [0.29, 0.717) is 12.3 Å². The Morgan fingerprint density at radius 2 is 2.11 bits per heavy atom. The Kier molecular flexibility index (Phi) is 4.47. The average Bonchev–Trinajstić information content (AvgIpc) is 2.77. The van der Waals surface area contributed by atoms with E-state index in [1.807, 2.05) is 24.3 Å². The fourth-order valence-electron chi connectivity index (χ4n) is 1.64. The Bertz CT molecular complexity index is 527. The van der Waals surface area contributed by atoms with Crippen LogP contribution in [0.1, 0.15) is 10.4 Å². The summed E-state index contributed by atoms with van der Waals surface area (Å²) in [6, 6.07) is 9.33. The fraction of sp³-hybridized carbons (Fsp3) is 0.231. The van der Waals surface area contributed by atoms with Crippen LogP contribution < -0.4 is 10.1 Å². The van der Waals surface area contributed by atoms with Crippen molar-refractivity contribution >= 4 is 22.9 Å². The minimum atomic E-state index is 0.191. The second-order valence-electron chi connectivity index (χ2n) is 3.78. The normalized spacial score (nSPS) is 10.6. The lowest BCUT2D eigenvalue weighted by atomic mass is 10.2. The summed E-state index contributed by atoms with van der Waals surface area (Å²) in [5.41, 5.74) is 0.817. The zero-order chi connectivity index (χ0) is 13.0. The number of rotatable bonds is 5. The van der Waals surface area contributed by atoms with Gasteiger partial charge in [0.2, 0.25) is 0 Å². The predicted molar refractivity (Wildman–Crippen MR) is 74.5 cm³/mol. The number of nitrogens with one attached hydrogen (secondary N) is 1. The number of hydrogen-bond donors (Lipinski definition) is 2. The van der Waals surface area contributed by atoms with Gasteiger partial charge in [-0.25, -0.2) is 0 Å². The molecule has 0 fully saturated rings. The summed E-state index contributed by atoms with van der Waals surface area (Å²) >= 11 is 7.41. The van der Waals surface area contributed by atoms with Crippen LogP contribution in [0.4, 0.5) is 0 Å². The van der Waals surface area contributed by atoms with Crippen molar-refractivity contribution in [2.24, 2.45) is 0 Å². The van der Waals surface area contributed by atoms with Crippen molar-refractivity contribution in [2.75, 3.05) is 7.11 Å². The van der Waals surface area contributed by atoms with E-state index >= 15 is 0 Å². The second-order valence-corrected chi connectivity index (χ2v) is 5.58. The minimum absolute atomic E-state index is 0.191. The number of halogens is 1. The number of phenolic OH excluding ortho intramolecular Hbond substituents is 1. The molecule has 3 nitrogen and oxygen atoms in total. The zero-order valence-electron chi connectivity index (χ0n) is 9.94. The smallest absolute Gasteiger partial charge is 0.162 e. The van der Waals surface area contributed by atoms with Crippen molar-refractivity contribution in [3.8, 4) is 11.5 Å². The molecule has 0 saturated carbocycles. The van der Waals surface area contributed by atoms with Gasteiger partial charge in [-0.15, -0.1) is 11.3 Å². The zero-order valence-corrected chi connectivity index (χ0v) is 11.5. The van der Waals surface area contributed by atoms with Gasteiger partial charge in [-0.2, -0.15) is 0 Å². The van der Waals surface area contributed by atoms with E-state index in [9.17, 15) is 5.11 Å². The molecule has 0 aliphatic carbocycles. The van der Waals surface area contributed by atoms with Crippen molar-refractivity contribution < 1.29 is 9.84 Å². The Balaban J connectivity index is 1.94. The maximum Gasteiger partial charge on any atom is 0.162 e. The van der Waals surface area contributed by atoms with Gasteiger partial charge in [0, 0.05) is 23.5 Å². The first kappa shape index (κ1) is 13.2. The number of hydrogen-bond acceptors (Lipinski definition) is 4. The molecule has 2 N–H and O–H groups in total. The number of ether oxygens (including phenoxy) is 1. The van der Waals surface area contributed by atoms with Crippen LogP contribution in [-0.4, -0.2) is 12.2 Å². The fourth-order valence-corrected chi connectivity index (χ4v) is 2.70. The van der Waals surface area contributed by atoms with Crippen LogP contribution in [0.25, 0.3) is 0 Å². The Labute approximate surface area is 115 Å². The lowest BCUT2D eigenvalue weighted by molar-refractivity contribution is 0.369. The average molecular weight is 284 g/mol. The molecule has 96 valence electrons. The molecule has 1 aromatic heterocycles. The van der Waals surface area contributed by atoms with Crippen molar-refractivity contribution in [3.63, 3.8) is 0 Å². The van der Waals surface area contributed by atoms with E-state index in [1.165, 1.54) is 4.88 Å². The Morgan fingerprint density at radius 3 is 2.78 bits per heavy atom. The molecule has 1 heterocycles. The van der Waals surface area contributed by atoms with Gasteiger partial charge in [0.25, 0.3) is 0 Å². The van der Waals surface area contributed by atoms with Crippen LogP contribution in [0.5, 0.6) is 11.5 Å². The Morgan fingerprint density at radius 1 is 1.28 bits per heavy atom. The first-order valence-electron chi connectivity index (χ1n) is 5.50. The number of benzene rings is 1. The molecule has 0 radical (unpaired) electrons. The van der Waals surface area contributed by atoms with E-state index in [0.717, 1.165) is 16.4 Å². The molecular formula is C13H14ClNO2S. The summed E-state index contributed by atoms with van der Waals surface area (Å²) in [7, 11) is 1.54. The molecule has 0 aliphatic rings. The topological polar surface area (TPSA) is 41.5 Å². The molecule has 2 aromatic rings. The van der Waals surface area contributed by atoms with Crippen LogP contribution in [0.15, 0.2) is 30.3 Å². The van der Waals surface area contributed by atoms with E-state index in [2.05, 4.69) is 5.32 Å². The quantitative estimate of drug-likeness (QED) is 0.884. The third kappa shape index (κ3) is 3.16. The second kappa shape index (κ2) is 6.09. The van der Waals surface area contributed by atoms with Crippen LogP contribution in [0, 0.1) is 0 Å². The van der Waals surface area contributed by atoms with Crippen LogP contribution in [0.3, 0.4) is 0 Å². The third-order valence-electron chi connectivity index (χ3n) is 2.55. The van der Waals surface area contributed by atoms with E-state index in [-0.39, 0.29) is 5.75 Å². The first-order valence-corrected chi connectivity index (χ1v) is 6.70. The summed E-state index contributed by atoms with van der Waals surface area (Å²) in [6.45, 7) is 1.31. The highest BCUT2D eigenvalue weighted by atomic mass is 35.5. The molecular weight excluding hydrogens is 270 g/mol. The van der Waals surface area contributed by atoms with Gasteiger partial charge < -0.3 is 15.2 Å². The van der Waals surface area contributed by atoms with Crippen molar-refractivity contribution in [1.82, 2.24) is 5.32 Å². The number of phenols is 1. The van der Waals surface area contributed by atoms with Gasteiger partial charge in [-0.05, 0) is 18.2 Å². The highest BCUT2D eigenvalue weighted by Gasteiger charge is 2.06. The lowest BCUT2D eigenvalue weighted by Crippen LogP contribution is -2.11. The Hall–Kier alpha value is -1.23. The molecule has 0 bridgehead atoms. The van der Waals surface area contributed by atoms with Crippen molar-refractivity contribution in [1.29, 1.82) is 0 Å². The number of thiophene rings is 1. The van der Waals surface area contributed by atoms with Crippen molar-refractivity contribution in [3.05, 3.63) is 45.1 Å². The van der Waals surface area contributed by atoms with Gasteiger partial charge in [0.15, 0.2) is 11.5 Å². The summed E-state index contributed by atoms with van der Waals surface area (Å²) in [5, 5.41) is 13.2. The number of aromatic hydroxyl groups is 1. The van der Waals surface area contributed by atoms with Crippen LogP contribution in [-0.2, 0) is 13.1 Å². The predicted octanol–water partition coefficient (Wildman–Crippen LogP) is 3.41. The first-order chi connectivity index (χ1) is 8.70. The molecule has 0 unspecified atom stereocenters. The molecule has 0 amide bonds. The van der Waals surface area contributed by atoms with Gasteiger partial charge in [0.05, 0.1) is 11.4 Å². The van der Waals surface area contributed by atoms with Gasteiger partial charge in [0.1, 0.15) is 0 Å². The maximum atomic E-state index is 9.91. The molecule has 0 saturated heterocycles. The van der Waals surface area contributed by atoms with Crippen LogP contribution >= 0.6 is 22.9 Å². The molecule has 0 aliphatic heterocycles. The monoisotopic (exact) mass is 283 g/mol. The molecule has 5 heteroatoms. The molecule has 2 rings (SSSR count). The largest absolute Gasteiger partial charge is 0.504 e. The van der Waals surface area contributed by atoms with Crippen LogP contribution in [0.2, 0.25) is 4.34 Å². The van der Waals surface area contributed by atoms with Gasteiger partial charge >= 0.3 is 0 Å². The lowest BCUT2D eigenvalue weighted by Gasteiger charge is -2.09. The molecule has 18 heavy (non-hydrogen) atoms. The number of methoxy groups -OCH3 is 1. The molecule has 1 aromatic carbocycles. The summed E-state index contributed by atoms with van der Waals surface area (Å²) < 4.78 is 5.85. The maximum absolute atomic E-state index is 9.91. The summed E-state index contributed by atoms with van der Waals surface area (Å²) in [5.74, 6) is 0.685. The van der Waals surface area contributed by atoms with Gasteiger partial charge in [-0.1, -0.05) is 23.7 Å². The molecule has 0 atom stereocenters. The highest BCUT2D eigenvalue weighted by molar-refractivity contribution is 7.16. The van der Waals surface area contributed by atoms with E-state index < -0.39 is 0 Å². The summed E-state index contributed by atoms with van der Waals surface area (Å²) in [4.78, 5) is 1.17. The minimum Gasteiger partial charge on any atom is -0.504 e. The number of para-hydroxylation sites is 1. The van der Waals surface area contributed by atoms with E-state index in [4.69, 9.17) is 16.3 Å². The van der Waals surface area contributed by atoms with Crippen molar-refractivity contribution in [2.45, 2.75) is 13.1 Å². The van der Waals surface area contributed by atoms with E-state index in [1.54, 1.807) is 24.5 Å². The summed E-state index contributed by atoms with van der Waals surface area (Å²) in [6.07, 6.45) is 0. The third-order valence-corrected chi connectivity index (χ3v) is 3.78.